The zero-order chi connectivity index (χ0) is 21.7. The Bertz CT molecular complexity index is 647. The van der Waals surface area contributed by atoms with Crippen molar-refractivity contribution in [3.63, 3.8) is 0 Å². The Morgan fingerprint density at radius 2 is 1.88 bits per heavy atom. The van der Waals surface area contributed by atoms with E-state index in [-0.39, 0.29) is 24.0 Å². The van der Waals surface area contributed by atoms with E-state index in [1.54, 1.807) is 7.11 Å². The molecule has 2 fully saturated rings. The highest BCUT2D eigenvalue weighted by Crippen LogP contribution is 2.27. The fourth-order valence-electron chi connectivity index (χ4n) is 4.20. The minimum Gasteiger partial charge on any atom is -0.497 e. The molecule has 0 saturated carbocycles. The van der Waals surface area contributed by atoms with Gasteiger partial charge in [0.1, 0.15) is 5.75 Å². The van der Waals surface area contributed by atoms with Gasteiger partial charge in [-0.1, -0.05) is 12.1 Å². The molecule has 2 aliphatic rings. The van der Waals surface area contributed by atoms with E-state index in [2.05, 4.69) is 34.6 Å². The van der Waals surface area contributed by atoms with Crippen LogP contribution in [0.2, 0.25) is 0 Å². The monoisotopic (exact) mass is 560 g/mol. The maximum atomic E-state index is 5.97. The van der Waals surface area contributed by atoms with Crippen molar-refractivity contribution in [3.8, 4) is 5.75 Å². The Labute approximate surface area is 210 Å². The predicted octanol–water partition coefficient (Wildman–Crippen LogP) is 3.59. The number of nitrogens with zero attached hydrogens (tertiary/aromatic N) is 2. The van der Waals surface area contributed by atoms with Crippen LogP contribution in [0.1, 0.15) is 50.6 Å². The molecule has 2 aliphatic heterocycles. The third-order valence-electron chi connectivity index (χ3n) is 5.98. The number of halogens is 1. The number of hydrogen-bond acceptors (Lipinski definition) is 5. The fraction of sp³-hybridized carbons (Fsp3) is 0.708. The quantitative estimate of drug-likeness (QED) is 0.187. The second-order valence-corrected chi connectivity index (χ2v) is 8.21. The Kier molecular flexibility index (Phi) is 13.3. The van der Waals surface area contributed by atoms with Gasteiger partial charge in [-0.15, -0.1) is 24.0 Å². The number of aliphatic imine (C=N–C) groups is 1. The van der Waals surface area contributed by atoms with Gasteiger partial charge < -0.3 is 24.8 Å². The highest BCUT2D eigenvalue weighted by atomic mass is 127. The summed E-state index contributed by atoms with van der Waals surface area (Å²) in [6, 6.07) is 8.73. The lowest BCUT2D eigenvalue weighted by Crippen LogP contribution is -2.39. The standard InChI is InChI=1S/C24H40N4O3.HI/c1-3-25-24(26-13-6-16-31-22-11-17-30-18-12-22)27-19-23(28-14-4-5-15-28)20-7-9-21(29-2)10-8-20;/h7-10,22-23H,3-6,11-19H2,1-2H3,(H2,25,26,27);1H. The van der Waals surface area contributed by atoms with Gasteiger partial charge in [0, 0.05) is 32.9 Å². The Morgan fingerprint density at radius 1 is 1.16 bits per heavy atom. The molecule has 1 aromatic rings. The van der Waals surface area contributed by atoms with Crippen LogP contribution in [0, 0.1) is 0 Å². The first-order valence-electron chi connectivity index (χ1n) is 11.9. The van der Waals surface area contributed by atoms with Crippen LogP contribution < -0.4 is 15.4 Å². The van der Waals surface area contributed by atoms with Crippen molar-refractivity contribution in [2.75, 3.05) is 59.7 Å². The maximum absolute atomic E-state index is 5.97. The second kappa shape index (κ2) is 15.7. The van der Waals surface area contributed by atoms with Crippen molar-refractivity contribution in [2.24, 2.45) is 4.99 Å². The summed E-state index contributed by atoms with van der Waals surface area (Å²) in [6.07, 6.45) is 5.89. The van der Waals surface area contributed by atoms with Gasteiger partial charge in [-0.2, -0.15) is 0 Å². The summed E-state index contributed by atoms with van der Waals surface area (Å²) in [6.45, 7) is 9.25. The van der Waals surface area contributed by atoms with E-state index >= 15 is 0 Å². The molecule has 32 heavy (non-hydrogen) atoms. The molecule has 7 nitrogen and oxygen atoms in total. The molecule has 182 valence electrons. The molecule has 0 amide bonds. The zero-order valence-corrected chi connectivity index (χ0v) is 22.0. The van der Waals surface area contributed by atoms with Crippen LogP contribution in [-0.4, -0.2) is 76.6 Å². The molecule has 3 rings (SSSR count). The summed E-state index contributed by atoms with van der Waals surface area (Å²) in [5.74, 6) is 1.77. The molecule has 2 N–H and O–H groups in total. The van der Waals surface area contributed by atoms with E-state index in [9.17, 15) is 0 Å². The van der Waals surface area contributed by atoms with Gasteiger partial charge in [-0.05, 0) is 69.8 Å². The van der Waals surface area contributed by atoms with E-state index in [0.29, 0.717) is 12.1 Å². The summed E-state index contributed by atoms with van der Waals surface area (Å²) in [4.78, 5) is 7.48. The number of nitrogens with one attached hydrogen (secondary N) is 2. The van der Waals surface area contributed by atoms with Crippen LogP contribution in [0.25, 0.3) is 0 Å². The van der Waals surface area contributed by atoms with Crippen molar-refractivity contribution in [1.82, 2.24) is 15.5 Å². The number of ether oxygens (including phenoxy) is 3. The van der Waals surface area contributed by atoms with Crippen LogP contribution in [0.3, 0.4) is 0 Å². The van der Waals surface area contributed by atoms with E-state index in [4.69, 9.17) is 19.2 Å². The van der Waals surface area contributed by atoms with Gasteiger partial charge in [0.05, 0.1) is 25.8 Å². The molecule has 2 heterocycles. The fourth-order valence-corrected chi connectivity index (χ4v) is 4.20. The highest BCUT2D eigenvalue weighted by molar-refractivity contribution is 14.0. The van der Waals surface area contributed by atoms with Crippen LogP contribution in [0.15, 0.2) is 29.3 Å². The van der Waals surface area contributed by atoms with Crippen LogP contribution in [-0.2, 0) is 9.47 Å². The normalized spacial score (nSPS) is 18.8. The average Bonchev–Trinajstić information content (AvgIpc) is 3.34. The molecule has 1 aromatic carbocycles. The predicted molar refractivity (Wildman–Crippen MR) is 140 cm³/mol. The second-order valence-electron chi connectivity index (χ2n) is 8.21. The molecule has 0 aromatic heterocycles. The minimum absolute atomic E-state index is 0. The number of hydrogen-bond donors (Lipinski definition) is 2. The first-order chi connectivity index (χ1) is 15.3. The molecule has 0 aliphatic carbocycles. The van der Waals surface area contributed by atoms with E-state index in [1.807, 2.05) is 12.1 Å². The van der Waals surface area contributed by atoms with Gasteiger partial charge in [-0.25, -0.2) is 0 Å². The van der Waals surface area contributed by atoms with Crippen LogP contribution >= 0.6 is 24.0 Å². The van der Waals surface area contributed by atoms with E-state index < -0.39 is 0 Å². The highest BCUT2D eigenvalue weighted by Gasteiger charge is 2.23. The van der Waals surface area contributed by atoms with Crippen molar-refractivity contribution >= 4 is 29.9 Å². The maximum Gasteiger partial charge on any atom is 0.191 e. The molecule has 1 unspecified atom stereocenters. The SMILES string of the molecule is CCNC(=NCC(c1ccc(OC)cc1)N1CCCC1)NCCCOC1CCOCC1.I. The van der Waals surface area contributed by atoms with E-state index in [1.165, 1.54) is 18.4 Å². The summed E-state index contributed by atoms with van der Waals surface area (Å²) in [7, 11) is 1.71. The summed E-state index contributed by atoms with van der Waals surface area (Å²) in [5.41, 5.74) is 1.30. The first-order valence-corrected chi connectivity index (χ1v) is 11.9. The molecule has 0 bridgehead atoms. The Morgan fingerprint density at radius 3 is 2.53 bits per heavy atom. The number of benzene rings is 1. The largest absolute Gasteiger partial charge is 0.497 e. The van der Waals surface area contributed by atoms with Crippen molar-refractivity contribution in [1.29, 1.82) is 0 Å². The molecular formula is C24H41IN4O3. The third-order valence-corrected chi connectivity index (χ3v) is 5.98. The van der Waals surface area contributed by atoms with Crippen LogP contribution in [0.4, 0.5) is 0 Å². The molecule has 1 atom stereocenters. The number of rotatable bonds is 11. The Balaban J connectivity index is 0.00000363. The smallest absolute Gasteiger partial charge is 0.191 e. The molecular weight excluding hydrogens is 519 g/mol. The zero-order valence-electron chi connectivity index (χ0n) is 19.7. The van der Waals surface area contributed by atoms with Gasteiger partial charge in [0.2, 0.25) is 0 Å². The van der Waals surface area contributed by atoms with Gasteiger partial charge in [0.15, 0.2) is 5.96 Å². The number of guanidine groups is 1. The molecule has 8 heteroatoms. The lowest BCUT2D eigenvalue weighted by Gasteiger charge is -2.27. The minimum atomic E-state index is 0. The van der Waals surface area contributed by atoms with Crippen molar-refractivity contribution in [3.05, 3.63) is 29.8 Å². The molecule has 0 radical (unpaired) electrons. The first kappa shape index (κ1) is 27.1. The number of likely N-dealkylation sites (tertiary alicyclic amines) is 1. The molecule has 2 saturated heterocycles. The van der Waals surface area contributed by atoms with Gasteiger partial charge in [0.25, 0.3) is 0 Å². The van der Waals surface area contributed by atoms with E-state index in [0.717, 1.165) is 83.5 Å². The summed E-state index contributed by atoms with van der Waals surface area (Å²) in [5, 5.41) is 6.85. The van der Waals surface area contributed by atoms with Crippen molar-refractivity contribution < 1.29 is 14.2 Å². The summed E-state index contributed by atoms with van der Waals surface area (Å²) >= 11 is 0. The third kappa shape index (κ3) is 9.03. The van der Waals surface area contributed by atoms with Crippen LogP contribution in [0.5, 0.6) is 5.75 Å². The topological polar surface area (TPSA) is 67.4 Å². The average molecular weight is 561 g/mol. The van der Waals surface area contributed by atoms with Gasteiger partial charge in [-0.3, -0.25) is 9.89 Å². The lowest BCUT2D eigenvalue weighted by molar-refractivity contribution is -0.0320. The Hall–Kier alpha value is -1.10. The number of methoxy groups -OCH3 is 1. The molecule has 0 spiro atoms. The summed E-state index contributed by atoms with van der Waals surface area (Å²) < 4.78 is 16.7. The van der Waals surface area contributed by atoms with Crippen molar-refractivity contribution in [2.45, 2.75) is 51.2 Å². The lowest BCUT2D eigenvalue weighted by atomic mass is 10.1. The van der Waals surface area contributed by atoms with Gasteiger partial charge >= 0.3 is 0 Å².